The van der Waals surface area contributed by atoms with Crippen molar-refractivity contribution in [1.82, 2.24) is 15.4 Å². The average molecular weight is 346 g/mol. The molecule has 0 unspecified atom stereocenters. The van der Waals surface area contributed by atoms with E-state index in [9.17, 15) is 5.26 Å². The number of thiophene rings is 1. The maximum atomic E-state index is 9.43. The number of nitrogens with one attached hydrogen (secondary N) is 2. The first-order chi connectivity index (χ1) is 10.7. The minimum Gasteiger partial charge on any atom is -0.375 e. The summed E-state index contributed by atoms with van der Waals surface area (Å²) in [5.74, 6) is 3.24. The van der Waals surface area contributed by atoms with Crippen LogP contribution in [-0.2, 0) is 0 Å². The number of terminal acetylenes is 1. The Morgan fingerprint density at radius 2 is 2.36 bits per heavy atom. The second kappa shape index (κ2) is 7.61. The molecule has 0 saturated carbocycles. The van der Waals surface area contributed by atoms with Crippen LogP contribution < -0.4 is 16.6 Å². The van der Waals surface area contributed by atoms with Crippen molar-refractivity contribution in [2.45, 2.75) is 5.16 Å². The smallest absolute Gasteiger partial charge is 0.191 e. The summed E-state index contributed by atoms with van der Waals surface area (Å²) in [6.45, 7) is 0. The summed E-state index contributed by atoms with van der Waals surface area (Å²) in [4.78, 5) is 9.56. The molecule has 0 spiro atoms. The number of nitrogens with two attached hydrogens (primary N) is 1. The van der Waals surface area contributed by atoms with Gasteiger partial charge in [0.2, 0.25) is 0 Å². The Balaban J connectivity index is 2.50. The highest BCUT2D eigenvalue weighted by Gasteiger charge is 2.17. The molecule has 0 bridgehead atoms. The van der Waals surface area contributed by atoms with Crippen molar-refractivity contribution >= 4 is 46.2 Å². The summed E-state index contributed by atoms with van der Waals surface area (Å²) >= 11 is 7.52. The van der Waals surface area contributed by atoms with Gasteiger partial charge in [0.1, 0.15) is 17.3 Å². The van der Waals surface area contributed by atoms with Crippen molar-refractivity contribution in [1.29, 1.82) is 5.26 Å². The van der Waals surface area contributed by atoms with Gasteiger partial charge >= 0.3 is 0 Å². The Kier molecular flexibility index (Phi) is 5.55. The molecule has 6 nitrogen and oxygen atoms in total. The van der Waals surface area contributed by atoms with E-state index in [1.807, 2.05) is 17.5 Å². The standard InChI is InChI=1S/C13H10N6S3/c1-2-5-22-13-16-10(9-4-3-6-21-9)8(7-14)11(17-13)18-19-12(15)20/h1,3-4,6H,5H2,(H3,15,19,20)(H,16,17,18). The zero-order valence-corrected chi connectivity index (χ0v) is 13.6. The van der Waals surface area contributed by atoms with Gasteiger partial charge < -0.3 is 5.73 Å². The van der Waals surface area contributed by atoms with Gasteiger partial charge in [-0.1, -0.05) is 23.7 Å². The van der Waals surface area contributed by atoms with Crippen LogP contribution in [0.2, 0.25) is 0 Å². The zero-order valence-electron chi connectivity index (χ0n) is 11.2. The largest absolute Gasteiger partial charge is 0.375 e. The summed E-state index contributed by atoms with van der Waals surface area (Å²) in [7, 11) is 0. The van der Waals surface area contributed by atoms with E-state index in [0.29, 0.717) is 28.0 Å². The first-order valence-electron chi connectivity index (χ1n) is 5.89. The van der Waals surface area contributed by atoms with Crippen molar-refractivity contribution in [3.63, 3.8) is 0 Å². The van der Waals surface area contributed by atoms with Gasteiger partial charge in [0.15, 0.2) is 16.1 Å². The minimum atomic E-state index is 0.0398. The molecule has 4 N–H and O–H groups in total. The number of aromatic nitrogens is 2. The Bertz CT molecular complexity index is 757. The Morgan fingerprint density at radius 1 is 1.55 bits per heavy atom. The fourth-order valence-electron chi connectivity index (χ4n) is 1.52. The number of thioether (sulfide) groups is 1. The minimum absolute atomic E-state index is 0.0398. The first kappa shape index (κ1) is 16.0. The predicted octanol–water partition coefficient (Wildman–Crippen LogP) is 1.96. The van der Waals surface area contributed by atoms with Crippen molar-refractivity contribution < 1.29 is 0 Å². The van der Waals surface area contributed by atoms with Crippen molar-refractivity contribution in [3.05, 3.63) is 23.1 Å². The first-order valence-corrected chi connectivity index (χ1v) is 8.16. The van der Waals surface area contributed by atoms with Crippen LogP contribution in [0.1, 0.15) is 5.56 Å². The summed E-state index contributed by atoms with van der Waals surface area (Å²) in [6, 6.07) is 5.87. The van der Waals surface area contributed by atoms with Gasteiger partial charge in [0, 0.05) is 0 Å². The Labute approximate surface area is 141 Å². The molecule has 0 fully saturated rings. The summed E-state index contributed by atoms with van der Waals surface area (Å²) in [5.41, 5.74) is 11.5. The number of hydrogen-bond donors (Lipinski definition) is 3. The molecular weight excluding hydrogens is 336 g/mol. The van der Waals surface area contributed by atoms with E-state index in [1.165, 1.54) is 23.1 Å². The quantitative estimate of drug-likeness (QED) is 0.248. The molecule has 2 aromatic rings. The average Bonchev–Trinajstić information content (AvgIpc) is 3.04. The van der Waals surface area contributed by atoms with E-state index in [4.69, 9.17) is 24.4 Å². The summed E-state index contributed by atoms with van der Waals surface area (Å²) in [6.07, 6.45) is 5.26. The molecule has 0 atom stereocenters. The van der Waals surface area contributed by atoms with Crippen molar-refractivity contribution in [2.75, 3.05) is 11.2 Å². The summed E-state index contributed by atoms with van der Waals surface area (Å²) in [5, 5.41) is 11.8. The third-order valence-corrected chi connectivity index (χ3v) is 4.07. The fourth-order valence-corrected chi connectivity index (χ4v) is 2.82. The predicted molar refractivity (Wildman–Crippen MR) is 93.2 cm³/mol. The molecule has 0 aliphatic carbocycles. The lowest BCUT2D eigenvalue weighted by molar-refractivity contribution is 0.948. The highest BCUT2D eigenvalue weighted by molar-refractivity contribution is 7.99. The second-order valence-corrected chi connectivity index (χ2v) is 6.10. The molecule has 2 heterocycles. The number of thiocarbonyl (C=S) groups is 1. The molecule has 9 heteroatoms. The van der Waals surface area contributed by atoms with Crippen LogP contribution in [0, 0.1) is 23.7 Å². The molecule has 2 rings (SSSR count). The number of hydrogen-bond acceptors (Lipinski definition) is 7. The van der Waals surface area contributed by atoms with Crippen LogP contribution in [0.15, 0.2) is 22.7 Å². The normalized spacial score (nSPS) is 9.55. The second-order valence-electron chi connectivity index (χ2n) is 3.77. The van der Waals surface area contributed by atoms with Crippen LogP contribution in [0.5, 0.6) is 0 Å². The van der Waals surface area contributed by atoms with Crippen molar-refractivity contribution in [3.8, 4) is 29.0 Å². The highest BCUT2D eigenvalue weighted by atomic mass is 32.2. The fraction of sp³-hybridized carbons (Fsp3) is 0.0769. The SMILES string of the molecule is C#CCSc1nc(NNC(N)=S)c(C#N)c(-c2cccs2)n1. The number of hydrazine groups is 1. The van der Waals surface area contributed by atoms with Crippen LogP contribution >= 0.6 is 35.3 Å². The summed E-state index contributed by atoms with van der Waals surface area (Å²) < 4.78 is 0. The third-order valence-electron chi connectivity index (χ3n) is 2.34. The van der Waals surface area contributed by atoms with Crippen LogP contribution in [0.25, 0.3) is 10.6 Å². The van der Waals surface area contributed by atoms with Crippen LogP contribution in [-0.4, -0.2) is 20.8 Å². The van der Waals surface area contributed by atoms with E-state index in [2.05, 4.69) is 32.8 Å². The van der Waals surface area contributed by atoms with Gasteiger partial charge in [-0.15, -0.1) is 17.8 Å². The third kappa shape index (κ3) is 3.86. The number of rotatable bonds is 5. The number of nitriles is 1. The van der Waals surface area contributed by atoms with E-state index >= 15 is 0 Å². The van der Waals surface area contributed by atoms with E-state index in [1.54, 1.807) is 0 Å². The molecular formula is C13H10N6S3. The molecule has 0 aromatic carbocycles. The van der Waals surface area contributed by atoms with Gasteiger partial charge in [-0.05, 0) is 23.7 Å². The highest BCUT2D eigenvalue weighted by Crippen LogP contribution is 2.31. The van der Waals surface area contributed by atoms with Gasteiger partial charge in [-0.25, -0.2) is 9.97 Å². The molecule has 0 radical (unpaired) electrons. The molecule has 0 aliphatic heterocycles. The molecule has 110 valence electrons. The van der Waals surface area contributed by atoms with Crippen molar-refractivity contribution in [2.24, 2.45) is 5.73 Å². The van der Waals surface area contributed by atoms with E-state index in [0.717, 1.165) is 4.88 Å². The van der Waals surface area contributed by atoms with Crippen LogP contribution in [0.4, 0.5) is 5.82 Å². The van der Waals surface area contributed by atoms with Gasteiger partial charge in [0.05, 0.1) is 10.6 Å². The molecule has 2 aromatic heterocycles. The molecule has 22 heavy (non-hydrogen) atoms. The van der Waals surface area contributed by atoms with Crippen LogP contribution in [0.3, 0.4) is 0 Å². The lowest BCUT2D eigenvalue weighted by Gasteiger charge is -2.12. The topological polar surface area (TPSA) is 99.6 Å². The van der Waals surface area contributed by atoms with Gasteiger partial charge in [0.25, 0.3) is 0 Å². The van der Waals surface area contributed by atoms with E-state index < -0.39 is 0 Å². The Morgan fingerprint density at radius 3 is 2.95 bits per heavy atom. The zero-order chi connectivity index (χ0) is 15.9. The lowest BCUT2D eigenvalue weighted by Crippen LogP contribution is -2.34. The van der Waals surface area contributed by atoms with Gasteiger partial charge in [-0.3, -0.25) is 10.9 Å². The maximum absolute atomic E-state index is 9.43. The number of nitrogens with zero attached hydrogens (tertiary/aromatic N) is 3. The lowest BCUT2D eigenvalue weighted by atomic mass is 10.2. The molecule has 0 amide bonds. The maximum Gasteiger partial charge on any atom is 0.191 e. The molecule has 0 saturated heterocycles. The van der Waals surface area contributed by atoms with Gasteiger partial charge in [-0.2, -0.15) is 5.26 Å². The molecule has 0 aliphatic rings. The van der Waals surface area contributed by atoms with E-state index in [-0.39, 0.29) is 5.11 Å². The monoisotopic (exact) mass is 346 g/mol. The number of anilines is 1. The Hall–Kier alpha value is -2.33.